The number of carbonyl (C=O) groups excluding carboxylic acids is 1. The fourth-order valence-corrected chi connectivity index (χ4v) is 3.28. The lowest BCUT2D eigenvalue weighted by Gasteiger charge is -2.26. The minimum absolute atomic E-state index is 0.0588. The number of esters is 1. The van der Waals surface area contributed by atoms with Crippen LogP contribution in [0.4, 0.5) is 0 Å². The van der Waals surface area contributed by atoms with Gasteiger partial charge in [0.1, 0.15) is 17.2 Å². The zero-order chi connectivity index (χ0) is 18.7. The molecule has 0 fully saturated rings. The summed E-state index contributed by atoms with van der Waals surface area (Å²) in [5, 5.41) is 10.3. The van der Waals surface area contributed by atoms with Gasteiger partial charge in [0.15, 0.2) is 0 Å². The fourth-order valence-electron chi connectivity index (χ4n) is 3.10. The predicted molar refractivity (Wildman–Crippen MR) is 100 cm³/mol. The second-order valence-electron chi connectivity index (χ2n) is 6.64. The van der Waals surface area contributed by atoms with Crippen molar-refractivity contribution >= 4 is 17.6 Å². The summed E-state index contributed by atoms with van der Waals surface area (Å²) in [5.74, 6) is 0.584. The fraction of sp³-hybridized carbons (Fsp3) is 0.350. The van der Waals surface area contributed by atoms with Gasteiger partial charge >= 0.3 is 5.97 Å². The molecular weight excluding hydrogens is 354 g/mol. The molecule has 2 aromatic carbocycles. The number of aromatic hydroxyl groups is 1. The van der Waals surface area contributed by atoms with Gasteiger partial charge in [-0.2, -0.15) is 0 Å². The van der Waals surface area contributed by atoms with Crippen molar-refractivity contribution in [1.82, 2.24) is 4.90 Å². The first-order valence-corrected chi connectivity index (χ1v) is 8.92. The third-order valence-electron chi connectivity index (χ3n) is 4.32. The van der Waals surface area contributed by atoms with E-state index in [2.05, 4.69) is 4.90 Å². The molecule has 1 atom stereocenters. The molecule has 0 saturated heterocycles. The Morgan fingerprint density at radius 1 is 1.23 bits per heavy atom. The molecular formula is C20H22ClNO4. The van der Waals surface area contributed by atoms with E-state index in [0.717, 1.165) is 24.1 Å². The standard InChI is InChI=1S/C20H22ClNO4/c1-22(2)8-3-9-25-18-7-4-13(21)10-17(18)16-12-20(24)26-19-11-14(23)5-6-15(16)19/h4-7,10-11,16,23H,3,8-9,12H2,1-2H3. The summed E-state index contributed by atoms with van der Waals surface area (Å²) in [5.41, 5.74) is 1.69. The highest BCUT2D eigenvalue weighted by molar-refractivity contribution is 6.30. The molecule has 1 aliphatic heterocycles. The predicted octanol–water partition coefficient (Wildman–Crippen LogP) is 3.82. The van der Waals surface area contributed by atoms with Crippen molar-refractivity contribution in [3.05, 3.63) is 52.5 Å². The first kappa shape index (κ1) is 18.5. The number of benzene rings is 2. The number of hydrogen-bond donors (Lipinski definition) is 1. The maximum atomic E-state index is 12.1. The molecule has 2 aromatic rings. The summed E-state index contributed by atoms with van der Waals surface area (Å²) < 4.78 is 11.3. The molecule has 1 unspecified atom stereocenters. The lowest BCUT2D eigenvalue weighted by atomic mass is 9.86. The molecule has 6 heteroatoms. The summed E-state index contributed by atoms with van der Waals surface area (Å²) in [6.07, 6.45) is 1.10. The van der Waals surface area contributed by atoms with Crippen LogP contribution in [0.5, 0.6) is 17.2 Å². The van der Waals surface area contributed by atoms with Crippen molar-refractivity contribution in [2.75, 3.05) is 27.2 Å². The van der Waals surface area contributed by atoms with Crippen LogP contribution in [0.15, 0.2) is 36.4 Å². The van der Waals surface area contributed by atoms with E-state index in [1.165, 1.54) is 6.07 Å². The number of phenols is 1. The van der Waals surface area contributed by atoms with Crippen LogP contribution in [0.25, 0.3) is 0 Å². The van der Waals surface area contributed by atoms with Crippen molar-refractivity contribution in [3.63, 3.8) is 0 Å². The second-order valence-corrected chi connectivity index (χ2v) is 7.08. The Bertz CT molecular complexity index is 806. The lowest BCUT2D eigenvalue weighted by Crippen LogP contribution is -2.21. The van der Waals surface area contributed by atoms with E-state index in [-0.39, 0.29) is 24.1 Å². The molecule has 5 nitrogen and oxygen atoms in total. The van der Waals surface area contributed by atoms with Crippen LogP contribution in [0, 0.1) is 0 Å². The molecule has 3 rings (SSSR count). The highest BCUT2D eigenvalue weighted by atomic mass is 35.5. The number of phenolic OH excluding ortho intramolecular Hbond substituents is 1. The van der Waals surface area contributed by atoms with Gasteiger partial charge < -0.3 is 19.5 Å². The van der Waals surface area contributed by atoms with E-state index in [0.29, 0.717) is 23.1 Å². The summed E-state index contributed by atoms with van der Waals surface area (Å²) in [7, 11) is 4.04. The van der Waals surface area contributed by atoms with Gasteiger partial charge in [-0.05, 0) is 44.8 Å². The molecule has 1 heterocycles. The average molecular weight is 376 g/mol. The number of carbonyl (C=O) groups is 1. The Labute approximate surface area is 158 Å². The highest BCUT2D eigenvalue weighted by Crippen LogP contribution is 2.43. The van der Waals surface area contributed by atoms with Crippen molar-refractivity contribution in [3.8, 4) is 17.2 Å². The smallest absolute Gasteiger partial charge is 0.312 e. The average Bonchev–Trinajstić information content (AvgIpc) is 2.58. The largest absolute Gasteiger partial charge is 0.508 e. The number of halogens is 1. The van der Waals surface area contributed by atoms with Gasteiger partial charge in [-0.3, -0.25) is 4.79 Å². The van der Waals surface area contributed by atoms with Gasteiger partial charge in [0.05, 0.1) is 13.0 Å². The molecule has 0 aromatic heterocycles. The van der Waals surface area contributed by atoms with E-state index in [9.17, 15) is 9.90 Å². The van der Waals surface area contributed by atoms with E-state index in [4.69, 9.17) is 21.1 Å². The molecule has 1 N–H and O–H groups in total. The topological polar surface area (TPSA) is 59.0 Å². The number of hydrogen-bond acceptors (Lipinski definition) is 5. The zero-order valence-electron chi connectivity index (χ0n) is 14.9. The Morgan fingerprint density at radius 2 is 2.04 bits per heavy atom. The monoisotopic (exact) mass is 375 g/mol. The van der Waals surface area contributed by atoms with Crippen LogP contribution in [0.3, 0.4) is 0 Å². The minimum atomic E-state index is -0.341. The second kappa shape index (κ2) is 7.98. The van der Waals surface area contributed by atoms with Gasteiger partial charge in [-0.15, -0.1) is 0 Å². The van der Waals surface area contributed by atoms with Gasteiger partial charge in [-0.1, -0.05) is 17.7 Å². The van der Waals surface area contributed by atoms with Crippen molar-refractivity contribution in [2.24, 2.45) is 0 Å². The first-order chi connectivity index (χ1) is 12.4. The molecule has 138 valence electrons. The first-order valence-electron chi connectivity index (χ1n) is 8.54. The van der Waals surface area contributed by atoms with Crippen molar-refractivity contribution < 1.29 is 19.4 Å². The minimum Gasteiger partial charge on any atom is -0.508 e. The SMILES string of the molecule is CN(C)CCCOc1ccc(Cl)cc1C1CC(=O)Oc2cc(O)ccc21. The molecule has 0 radical (unpaired) electrons. The molecule has 0 spiro atoms. The van der Waals surface area contributed by atoms with Crippen LogP contribution < -0.4 is 9.47 Å². The van der Waals surface area contributed by atoms with E-state index in [1.807, 2.05) is 26.2 Å². The lowest BCUT2D eigenvalue weighted by molar-refractivity contribution is -0.135. The van der Waals surface area contributed by atoms with E-state index >= 15 is 0 Å². The molecule has 0 saturated carbocycles. The number of fused-ring (bicyclic) bond motifs is 1. The van der Waals surface area contributed by atoms with Crippen molar-refractivity contribution in [1.29, 1.82) is 0 Å². The zero-order valence-corrected chi connectivity index (χ0v) is 15.6. The molecule has 0 bridgehead atoms. The van der Waals surface area contributed by atoms with Crippen LogP contribution in [0.1, 0.15) is 29.9 Å². The Morgan fingerprint density at radius 3 is 2.81 bits per heavy atom. The van der Waals surface area contributed by atoms with Gasteiger partial charge in [0.2, 0.25) is 0 Å². The van der Waals surface area contributed by atoms with E-state index < -0.39 is 0 Å². The number of nitrogens with zero attached hydrogens (tertiary/aromatic N) is 1. The third-order valence-corrected chi connectivity index (χ3v) is 4.56. The Kier molecular flexibility index (Phi) is 5.69. The molecule has 26 heavy (non-hydrogen) atoms. The maximum Gasteiger partial charge on any atom is 0.312 e. The summed E-state index contributed by atoms with van der Waals surface area (Å²) in [6.45, 7) is 1.51. The summed E-state index contributed by atoms with van der Waals surface area (Å²) in [6, 6.07) is 10.3. The van der Waals surface area contributed by atoms with Gasteiger partial charge in [-0.25, -0.2) is 0 Å². The van der Waals surface area contributed by atoms with Gasteiger partial charge in [0, 0.05) is 34.7 Å². The molecule has 0 amide bonds. The van der Waals surface area contributed by atoms with Crippen molar-refractivity contribution in [2.45, 2.75) is 18.8 Å². The normalized spacial score (nSPS) is 16.3. The number of rotatable bonds is 6. The quantitative estimate of drug-likeness (QED) is 0.472. The summed E-state index contributed by atoms with van der Waals surface area (Å²) in [4.78, 5) is 14.2. The Hall–Kier alpha value is -2.24. The summed E-state index contributed by atoms with van der Waals surface area (Å²) >= 11 is 6.21. The molecule has 0 aliphatic carbocycles. The number of ether oxygens (including phenoxy) is 2. The van der Waals surface area contributed by atoms with Crippen LogP contribution in [-0.2, 0) is 4.79 Å². The third kappa shape index (κ3) is 4.29. The van der Waals surface area contributed by atoms with Crippen LogP contribution in [-0.4, -0.2) is 43.2 Å². The van der Waals surface area contributed by atoms with Crippen LogP contribution >= 0.6 is 11.6 Å². The van der Waals surface area contributed by atoms with E-state index in [1.54, 1.807) is 18.2 Å². The Balaban J connectivity index is 1.91. The molecule has 1 aliphatic rings. The highest BCUT2D eigenvalue weighted by Gasteiger charge is 2.30. The maximum absolute atomic E-state index is 12.1. The van der Waals surface area contributed by atoms with Gasteiger partial charge in [0.25, 0.3) is 0 Å². The van der Waals surface area contributed by atoms with Crippen LogP contribution in [0.2, 0.25) is 5.02 Å².